The van der Waals surface area contributed by atoms with Crippen LogP contribution in [0.4, 0.5) is 5.69 Å². The third-order valence-corrected chi connectivity index (χ3v) is 4.03. The van der Waals surface area contributed by atoms with Gasteiger partial charge in [-0.05, 0) is 24.0 Å². The van der Waals surface area contributed by atoms with E-state index in [-0.39, 0.29) is 18.6 Å². The van der Waals surface area contributed by atoms with Crippen molar-refractivity contribution in [2.24, 2.45) is 5.92 Å². The van der Waals surface area contributed by atoms with Gasteiger partial charge in [0, 0.05) is 23.9 Å². The van der Waals surface area contributed by atoms with Gasteiger partial charge in [0.1, 0.15) is 0 Å². The van der Waals surface area contributed by atoms with Gasteiger partial charge in [-0.25, -0.2) is 0 Å². The van der Waals surface area contributed by atoms with E-state index in [0.29, 0.717) is 12.1 Å². The minimum Gasteiger partial charge on any atom is -0.396 e. The summed E-state index contributed by atoms with van der Waals surface area (Å²) in [5, 5.41) is 14.5. The number of aliphatic hydroxyl groups excluding tert-OH is 1. The number of amides is 2. The molecule has 0 saturated heterocycles. The number of aliphatic hydroxyl groups is 1. The highest BCUT2D eigenvalue weighted by atomic mass is 16.3. The maximum absolute atomic E-state index is 12.3. The quantitative estimate of drug-likeness (QED) is 0.708. The Morgan fingerprint density at radius 2 is 1.60 bits per heavy atom. The molecule has 0 aliphatic rings. The summed E-state index contributed by atoms with van der Waals surface area (Å²) >= 11 is 0. The Bertz CT molecular complexity index is 714. The van der Waals surface area contributed by atoms with Crippen molar-refractivity contribution < 1.29 is 14.7 Å². The van der Waals surface area contributed by atoms with E-state index < -0.39 is 11.8 Å². The molecule has 25 heavy (non-hydrogen) atoms. The van der Waals surface area contributed by atoms with Crippen molar-refractivity contribution in [3.63, 3.8) is 0 Å². The number of hydrogen-bond acceptors (Lipinski definition) is 3. The largest absolute Gasteiger partial charge is 0.396 e. The van der Waals surface area contributed by atoms with Crippen LogP contribution in [0.1, 0.15) is 20.3 Å². The van der Waals surface area contributed by atoms with Crippen molar-refractivity contribution in [1.29, 1.82) is 0 Å². The molecule has 0 spiro atoms. The summed E-state index contributed by atoms with van der Waals surface area (Å²) in [6.07, 6.45) is 0.414. The van der Waals surface area contributed by atoms with Gasteiger partial charge in [-0.3, -0.25) is 9.59 Å². The highest BCUT2D eigenvalue weighted by molar-refractivity contribution is 6.40. The number of carbonyl (C=O) groups is 2. The summed E-state index contributed by atoms with van der Waals surface area (Å²) < 4.78 is 0. The molecule has 1 atom stereocenters. The zero-order valence-electron chi connectivity index (χ0n) is 14.5. The van der Waals surface area contributed by atoms with Crippen molar-refractivity contribution >= 4 is 17.5 Å². The molecular formula is C20H24N2O3. The van der Waals surface area contributed by atoms with Gasteiger partial charge in [-0.1, -0.05) is 62.4 Å². The zero-order chi connectivity index (χ0) is 18.2. The van der Waals surface area contributed by atoms with Crippen molar-refractivity contribution in [1.82, 2.24) is 5.32 Å². The number of nitrogens with one attached hydrogen (secondary N) is 2. The molecule has 0 heterocycles. The third-order valence-electron chi connectivity index (χ3n) is 4.03. The minimum atomic E-state index is -0.716. The van der Waals surface area contributed by atoms with Crippen LogP contribution in [-0.4, -0.2) is 29.6 Å². The van der Waals surface area contributed by atoms with E-state index in [4.69, 9.17) is 5.11 Å². The lowest BCUT2D eigenvalue weighted by molar-refractivity contribution is -0.136. The van der Waals surface area contributed by atoms with Crippen LogP contribution in [-0.2, 0) is 9.59 Å². The predicted octanol–water partition coefficient (Wildman–Crippen LogP) is 2.82. The molecule has 2 rings (SSSR count). The fourth-order valence-electron chi connectivity index (χ4n) is 2.59. The van der Waals surface area contributed by atoms with Crippen LogP contribution < -0.4 is 10.6 Å². The van der Waals surface area contributed by atoms with Crippen molar-refractivity contribution in [3.8, 4) is 11.1 Å². The molecule has 5 nitrogen and oxygen atoms in total. The normalized spacial score (nSPS) is 11.8. The Balaban J connectivity index is 2.12. The second-order valence-corrected chi connectivity index (χ2v) is 6.20. The van der Waals surface area contributed by atoms with Crippen LogP contribution in [0, 0.1) is 5.92 Å². The number of rotatable bonds is 6. The average Bonchev–Trinajstić information content (AvgIpc) is 2.62. The first-order valence-electron chi connectivity index (χ1n) is 8.40. The van der Waals surface area contributed by atoms with Crippen LogP contribution in [0.2, 0.25) is 0 Å². The van der Waals surface area contributed by atoms with E-state index in [1.54, 1.807) is 6.07 Å². The topological polar surface area (TPSA) is 78.4 Å². The van der Waals surface area contributed by atoms with Gasteiger partial charge in [-0.2, -0.15) is 0 Å². The van der Waals surface area contributed by atoms with Crippen LogP contribution in [0.5, 0.6) is 0 Å². The number of hydrogen-bond donors (Lipinski definition) is 3. The Morgan fingerprint density at radius 3 is 2.24 bits per heavy atom. The molecule has 0 saturated carbocycles. The standard InChI is InChI=1S/C20H24N2O3/c1-14(2)17(12-13-23)21-19(24)20(25)22-18-11-7-6-10-16(18)15-8-4-3-5-9-15/h3-11,14,17,23H,12-13H2,1-2H3,(H,21,24)(H,22,25). The first kappa shape index (κ1) is 18.7. The SMILES string of the molecule is CC(C)C(CCO)NC(=O)C(=O)Nc1ccccc1-c1ccccc1. The van der Waals surface area contributed by atoms with Gasteiger partial charge in [0.2, 0.25) is 0 Å². The summed E-state index contributed by atoms with van der Waals surface area (Å²) in [7, 11) is 0. The fourth-order valence-corrected chi connectivity index (χ4v) is 2.59. The van der Waals surface area contributed by atoms with Crippen LogP contribution in [0.3, 0.4) is 0 Å². The molecule has 0 radical (unpaired) electrons. The van der Waals surface area contributed by atoms with E-state index in [1.165, 1.54) is 0 Å². The smallest absolute Gasteiger partial charge is 0.313 e. The number of carbonyl (C=O) groups excluding carboxylic acids is 2. The van der Waals surface area contributed by atoms with Gasteiger partial charge in [0.05, 0.1) is 0 Å². The van der Waals surface area contributed by atoms with E-state index in [2.05, 4.69) is 10.6 Å². The van der Waals surface area contributed by atoms with E-state index >= 15 is 0 Å². The summed E-state index contributed by atoms with van der Waals surface area (Å²) in [5.74, 6) is -1.29. The lowest BCUT2D eigenvalue weighted by atomic mass is 10.0. The van der Waals surface area contributed by atoms with E-state index in [9.17, 15) is 9.59 Å². The van der Waals surface area contributed by atoms with E-state index in [0.717, 1.165) is 11.1 Å². The van der Waals surface area contributed by atoms with Gasteiger partial charge in [-0.15, -0.1) is 0 Å². The molecule has 3 N–H and O–H groups in total. The summed E-state index contributed by atoms with van der Waals surface area (Å²) in [5.41, 5.74) is 2.39. The fraction of sp³-hybridized carbons (Fsp3) is 0.300. The van der Waals surface area contributed by atoms with Crippen molar-refractivity contribution in [3.05, 3.63) is 54.6 Å². The molecule has 2 aromatic rings. The van der Waals surface area contributed by atoms with Crippen LogP contribution in [0.25, 0.3) is 11.1 Å². The molecule has 132 valence electrons. The molecule has 2 aromatic carbocycles. The number of para-hydroxylation sites is 1. The lowest BCUT2D eigenvalue weighted by Gasteiger charge is -2.21. The minimum absolute atomic E-state index is 0.0401. The molecule has 0 aliphatic heterocycles. The highest BCUT2D eigenvalue weighted by Gasteiger charge is 2.21. The van der Waals surface area contributed by atoms with Crippen molar-refractivity contribution in [2.45, 2.75) is 26.3 Å². The van der Waals surface area contributed by atoms with Crippen LogP contribution >= 0.6 is 0 Å². The first-order chi connectivity index (χ1) is 12.0. The maximum Gasteiger partial charge on any atom is 0.313 e. The van der Waals surface area contributed by atoms with E-state index in [1.807, 2.05) is 62.4 Å². The van der Waals surface area contributed by atoms with Crippen LogP contribution in [0.15, 0.2) is 54.6 Å². The Hall–Kier alpha value is -2.66. The zero-order valence-corrected chi connectivity index (χ0v) is 14.5. The highest BCUT2D eigenvalue weighted by Crippen LogP contribution is 2.27. The van der Waals surface area contributed by atoms with Gasteiger partial charge in [0.25, 0.3) is 0 Å². The molecule has 0 aliphatic carbocycles. The van der Waals surface area contributed by atoms with Gasteiger partial charge >= 0.3 is 11.8 Å². The molecule has 0 bridgehead atoms. The average molecular weight is 340 g/mol. The summed E-state index contributed by atoms with van der Waals surface area (Å²) in [6.45, 7) is 3.83. The third kappa shape index (κ3) is 5.16. The summed E-state index contributed by atoms with van der Waals surface area (Å²) in [6, 6.07) is 16.8. The first-order valence-corrected chi connectivity index (χ1v) is 8.40. The molecule has 1 unspecified atom stereocenters. The summed E-state index contributed by atoms with van der Waals surface area (Å²) in [4.78, 5) is 24.5. The monoisotopic (exact) mass is 340 g/mol. The molecule has 2 amide bonds. The molecule has 5 heteroatoms. The Kier molecular flexibility index (Phi) is 6.71. The Morgan fingerprint density at radius 1 is 0.960 bits per heavy atom. The van der Waals surface area contributed by atoms with Gasteiger partial charge < -0.3 is 15.7 Å². The van der Waals surface area contributed by atoms with Gasteiger partial charge in [0.15, 0.2) is 0 Å². The van der Waals surface area contributed by atoms with Crippen molar-refractivity contribution in [2.75, 3.05) is 11.9 Å². The number of anilines is 1. The predicted molar refractivity (Wildman–Crippen MR) is 99.0 cm³/mol. The maximum atomic E-state index is 12.3. The second kappa shape index (κ2) is 8.99. The molecular weight excluding hydrogens is 316 g/mol. The molecule has 0 fully saturated rings. The lowest BCUT2D eigenvalue weighted by Crippen LogP contribution is -2.44. The second-order valence-electron chi connectivity index (χ2n) is 6.20. The number of benzene rings is 2. The Labute approximate surface area is 148 Å². The molecule has 0 aromatic heterocycles.